The van der Waals surface area contributed by atoms with E-state index in [9.17, 15) is 4.79 Å². The van der Waals surface area contributed by atoms with Crippen LogP contribution >= 0.6 is 0 Å². The van der Waals surface area contributed by atoms with Gasteiger partial charge in [0.2, 0.25) is 11.9 Å². The van der Waals surface area contributed by atoms with E-state index in [0.717, 1.165) is 31.9 Å². The molecule has 2 rings (SSSR count). The highest BCUT2D eigenvalue weighted by Crippen LogP contribution is 2.15. The van der Waals surface area contributed by atoms with Crippen molar-refractivity contribution < 1.29 is 4.79 Å². The Balaban J connectivity index is 1.92. The number of carbonyl (C=O) groups excluding carboxylic acids is 1. The van der Waals surface area contributed by atoms with E-state index >= 15 is 0 Å². The van der Waals surface area contributed by atoms with Gasteiger partial charge in [0.25, 0.3) is 0 Å². The number of hydrogen-bond acceptors (Lipinski definition) is 5. The monoisotopic (exact) mass is 277 g/mol. The van der Waals surface area contributed by atoms with Crippen molar-refractivity contribution in [3.05, 3.63) is 18.5 Å². The molecule has 0 radical (unpaired) electrons. The van der Waals surface area contributed by atoms with Crippen LogP contribution in [0, 0.1) is 5.92 Å². The molecule has 3 atom stereocenters. The van der Waals surface area contributed by atoms with Crippen LogP contribution in [0.5, 0.6) is 0 Å². The molecule has 0 spiro atoms. The maximum Gasteiger partial charge on any atom is 0.225 e. The first-order chi connectivity index (χ1) is 9.58. The van der Waals surface area contributed by atoms with Crippen molar-refractivity contribution in [1.82, 2.24) is 15.3 Å². The number of aromatic nitrogens is 2. The molecule has 1 saturated heterocycles. The van der Waals surface area contributed by atoms with Crippen molar-refractivity contribution in [2.75, 3.05) is 18.0 Å². The summed E-state index contributed by atoms with van der Waals surface area (Å²) in [5.41, 5.74) is 5.77. The third kappa shape index (κ3) is 3.66. The van der Waals surface area contributed by atoms with Crippen LogP contribution in [0.15, 0.2) is 18.5 Å². The number of nitrogens with zero attached hydrogens (tertiary/aromatic N) is 3. The van der Waals surface area contributed by atoms with Crippen LogP contribution in [0.3, 0.4) is 0 Å². The molecule has 20 heavy (non-hydrogen) atoms. The van der Waals surface area contributed by atoms with Crippen molar-refractivity contribution >= 4 is 11.9 Å². The summed E-state index contributed by atoms with van der Waals surface area (Å²) in [6.45, 7) is 5.40. The highest BCUT2D eigenvalue weighted by molar-refractivity contribution is 5.79. The molecule has 6 heteroatoms. The lowest BCUT2D eigenvalue weighted by molar-refractivity contribution is -0.125. The maximum absolute atomic E-state index is 12.1. The lowest BCUT2D eigenvalue weighted by Crippen LogP contribution is -2.51. The standard InChI is InChI=1S/C14H23N5O/c1-10(11(2)15)13(20)18-12-5-3-8-19(9-12)14-16-6-4-7-17-14/h4,6-7,10-12H,3,5,8-9,15H2,1-2H3,(H,18,20). The highest BCUT2D eigenvalue weighted by atomic mass is 16.2. The molecule has 1 aliphatic heterocycles. The third-order valence-corrected chi connectivity index (χ3v) is 3.80. The zero-order chi connectivity index (χ0) is 14.5. The molecular formula is C14H23N5O. The smallest absolute Gasteiger partial charge is 0.225 e. The van der Waals surface area contributed by atoms with Crippen molar-refractivity contribution in [2.45, 2.75) is 38.8 Å². The lowest BCUT2D eigenvalue weighted by Gasteiger charge is -2.33. The Bertz CT molecular complexity index is 436. The van der Waals surface area contributed by atoms with E-state index in [4.69, 9.17) is 5.73 Å². The van der Waals surface area contributed by atoms with Gasteiger partial charge in [0.1, 0.15) is 0 Å². The average Bonchev–Trinajstić information content (AvgIpc) is 2.47. The molecule has 0 bridgehead atoms. The van der Waals surface area contributed by atoms with Gasteiger partial charge >= 0.3 is 0 Å². The van der Waals surface area contributed by atoms with E-state index in [1.807, 2.05) is 13.8 Å². The van der Waals surface area contributed by atoms with Crippen LogP contribution in [0.4, 0.5) is 5.95 Å². The van der Waals surface area contributed by atoms with E-state index in [1.54, 1.807) is 18.5 Å². The molecule has 0 aromatic carbocycles. The Hall–Kier alpha value is -1.69. The van der Waals surface area contributed by atoms with Gasteiger partial charge in [0.15, 0.2) is 0 Å². The lowest BCUT2D eigenvalue weighted by atomic mass is 10.0. The number of anilines is 1. The summed E-state index contributed by atoms with van der Waals surface area (Å²) in [4.78, 5) is 22.7. The molecule has 3 unspecified atom stereocenters. The first kappa shape index (κ1) is 14.7. The number of nitrogens with one attached hydrogen (secondary N) is 1. The zero-order valence-electron chi connectivity index (χ0n) is 12.1. The normalized spacial score (nSPS) is 22.1. The molecule has 1 aromatic rings. The molecule has 0 aliphatic carbocycles. The van der Waals surface area contributed by atoms with Gasteiger partial charge in [0.05, 0.1) is 0 Å². The summed E-state index contributed by atoms with van der Waals surface area (Å²) in [7, 11) is 0. The SMILES string of the molecule is CC(N)C(C)C(=O)NC1CCCN(c2ncccn2)C1. The van der Waals surface area contributed by atoms with Crippen molar-refractivity contribution in [2.24, 2.45) is 11.7 Å². The molecule has 1 fully saturated rings. The Morgan fingerprint density at radius 2 is 2.15 bits per heavy atom. The quantitative estimate of drug-likeness (QED) is 0.839. The molecule has 2 heterocycles. The largest absolute Gasteiger partial charge is 0.351 e. The van der Waals surface area contributed by atoms with Gasteiger partial charge < -0.3 is 16.0 Å². The predicted octanol–water partition coefficient (Wildman–Crippen LogP) is 0.545. The van der Waals surface area contributed by atoms with Gasteiger partial charge in [-0.25, -0.2) is 9.97 Å². The summed E-state index contributed by atoms with van der Waals surface area (Å²) in [5, 5.41) is 3.08. The summed E-state index contributed by atoms with van der Waals surface area (Å²) in [6.07, 6.45) is 5.49. The van der Waals surface area contributed by atoms with Crippen LogP contribution in [0.2, 0.25) is 0 Å². The van der Waals surface area contributed by atoms with Crippen molar-refractivity contribution in [3.8, 4) is 0 Å². The van der Waals surface area contributed by atoms with E-state index in [1.165, 1.54) is 0 Å². The van der Waals surface area contributed by atoms with E-state index in [2.05, 4.69) is 20.2 Å². The number of hydrogen-bond donors (Lipinski definition) is 2. The summed E-state index contributed by atoms with van der Waals surface area (Å²) in [6, 6.07) is 1.81. The van der Waals surface area contributed by atoms with Gasteiger partial charge in [-0.2, -0.15) is 0 Å². The van der Waals surface area contributed by atoms with Gasteiger partial charge in [-0.1, -0.05) is 6.92 Å². The Morgan fingerprint density at radius 1 is 1.45 bits per heavy atom. The summed E-state index contributed by atoms with van der Waals surface area (Å²) < 4.78 is 0. The molecular weight excluding hydrogens is 254 g/mol. The molecule has 1 aliphatic rings. The number of amides is 1. The van der Waals surface area contributed by atoms with Gasteiger partial charge in [0, 0.05) is 43.5 Å². The molecule has 1 aromatic heterocycles. The minimum atomic E-state index is -0.168. The number of nitrogens with two attached hydrogens (primary N) is 1. The molecule has 6 nitrogen and oxygen atoms in total. The molecule has 0 saturated carbocycles. The topological polar surface area (TPSA) is 84.1 Å². The van der Waals surface area contributed by atoms with Crippen molar-refractivity contribution in [1.29, 1.82) is 0 Å². The predicted molar refractivity (Wildman–Crippen MR) is 78.2 cm³/mol. The van der Waals surface area contributed by atoms with E-state index < -0.39 is 0 Å². The van der Waals surface area contributed by atoms with Crippen LogP contribution in [-0.2, 0) is 4.79 Å². The molecule has 1 amide bonds. The van der Waals surface area contributed by atoms with Gasteiger partial charge in [-0.3, -0.25) is 4.79 Å². The fraction of sp³-hybridized carbons (Fsp3) is 0.643. The second kappa shape index (κ2) is 6.65. The summed E-state index contributed by atoms with van der Waals surface area (Å²) in [5.74, 6) is 0.589. The summed E-state index contributed by atoms with van der Waals surface area (Å²) >= 11 is 0. The number of piperidine rings is 1. The van der Waals surface area contributed by atoms with Crippen LogP contribution in [-0.4, -0.2) is 41.0 Å². The van der Waals surface area contributed by atoms with Crippen LogP contribution in [0.1, 0.15) is 26.7 Å². The second-order valence-electron chi connectivity index (χ2n) is 5.49. The van der Waals surface area contributed by atoms with Crippen molar-refractivity contribution in [3.63, 3.8) is 0 Å². The minimum Gasteiger partial charge on any atom is -0.351 e. The van der Waals surface area contributed by atoms with Crippen LogP contribution < -0.4 is 16.0 Å². The maximum atomic E-state index is 12.1. The molecule has 110 valence electrons. The number of rotatable bonds is 4. The van der Waals surface area contributed by atoms with E-state index in [0.29, 0.717) is 0 Å². The minimum absolute atomic E-state index is 0.0285. The third-order valence-electron chi connectivity index (χ3n) is 3.80. The van der Waals surface area contributed by atoms with E-state index in [-0.39, 0.29) is 23.9 Å². The van der Waals surface area contributed by atoms with Gasteiger partial charge in [-0.15, -0.1) is 0 Å². The fourth-order valence-electron chi connectivity index (χ4n) is 2.30. The second-order valence-corrected chi connectivity index (χ2v) is 5.49. The Labute approximate surface area is 119 Å². The first-order valence-electron chi connectivity index (χ1n) is 7.16. The zero-order valence-corrected chi connectivity index (χ0v) is 12.1. The number of carbonyl (C=O) groups is 1. The average molecular weight is 277 g/mol. The highest BCUT2D eigenvalue weighted by Gasteiger charge is 2.25. The van der Waals surface area contributed by atoms with Gasteiger partial charge in [-0.05, 0) is 25.8 Å². The first-order valence-corrected chi connectivity index (χ1v) is 7.16. The molecule has 3 N–H and O–H groups in total. The Morgan fingerprint density at radius 3 is 2.80 bits per heavy atom. The Kier molecular flexibility index (Phi) is 4.89. The van der Waals surface area contributed by atoms with Crippen LogP contribution in [0.25, 0.3) is 0 Å². The fourth-order valence-corrected chi connectivity index (χ4v) is 2.30.